The zero-order chi connectivity index (χ0) is 13.0. The van der Waals surface area contributed by atoms with Crippen molar-refractivity contribution in [2.24, 2.45) is 11.7 Å². The molecule has 4 N–H and O–H groups in total. The number of amides is 1. The van der Waals surface area contributed by atoms with Gasteiger partial charge in [-0.05, 0) is 30.2 Å². The lowest BCUT2D eigenvalue weighted by Crippen LogP contribution is -2.46. The Morgan fingerprint density at radius 1 is 1.35 bits per heavy atom. The fraction of sp³-hybridized carbons (Fsp3) is 0.333. The number of nitrogens with one attached hydrogen (secondary N) is 1. The van der Waals surface area contributed by atoms with E-state index in [2.05, 4.69) is 5.32 Å². The van der Waals surface area contributed by atoms with Crippen LogP contribution in [-0.4, -0.2) is 22.0 Å². The summed E-state index contributed by atoms with van der Waals surface area (Å²) in [7, 11) is 0. The highest BCUT2D eigenvalue weighted by molar-refractivity contribution is 7.80. The van der Waals surface area contributed by atoms with Gasteiger partial charge < -0.3 is 16.2 Å². The summed E-state index contributed by atoms with van der Waals surface area (Å²) in [6.07, 6.45) is 0. The average Bonchev–Trinajstić information content (AvgIpc) is 2.25. The second kappa shape index (κ2) is 5.63. The van der Waals surface area contributed by atoms with Crippen LogP contribution in [0.5, 0.6) is 5.75 Å². The molecule has 0 fully saturated rings. The van der Waals surface area contributed by atoms with Gasteiger partial charge in [-0.2, -0.15) is 0 Å². The third-order valence-corrected chi connectivity index (χ3v) is 2.64. The molecular weight excluding hydrogens is 236 g/mol. The minimum absolute atomic E-state index is 0.122. The first-order valence-electron chi connectivity index (χ1n) is 5.31. The Bertz CT molecular complexity index is 415. The van der Waals surface area contributed by atoms with E-state index in [1.54, 1.807) is 12.1 Å². The van der Waals surface area contributed by atoms with Gasteiger partial charge in [0.1, 0.15) is 5.75 Å². The molecule has 0 heterocycles. The van der Waals surface area contributed by atoms with E-state index in [0.717, 1.165) is 0 Å². The Morgan fingerprint density at radius 2 is 1.88 bits per heavy atom. The molecular formula is C12H16N2O2S. The summed E-state index contributed by atoms with van der Waals surface area (Å²) in [6.45, 7) is 3.86. The van der Waals surface area contributed by atoms with Crippen LogP contribution in [0.4, 0.5) is 0 Å². The summed E-state index contributed by atoms with van der Waals surface area (Å²) in [5.74, 6) is 0.00127. The van der Waals surface area contributed by atoms with Crippen molar-refractivity contribution in [3.63, 3.8) is 0 Å². The third-order valence-electron chi connectivity index (χ3n) is 2.39. The maximum atomic E-state index is 11.9. The van der Waals surface area contributed by atoms with Crippen molar-refractivity contribution >= 4 is 23.1 Å². The summed E-state index contributed by atoms with van der Waals surface area (Å²) >= 11 is 4.91. The van der Waals surface area contributed by atoms with Gasteiger partial charge in [-0.25, -0.2) is 0 Å². The lowest BCUT2D eigenvalue weighted by Gasteiger charge is -2.20. The zero-order valence-electron chi connectivity index (χ0n) is 9.81. The highest BCUT2D eigenvalue weighted by atomic mass is 32.1. The number of thiocarbonyl (C=S) groups is 1. The highest BCUT2D eigenvalue weighted by Crippen LogP contribution is 2.10. The van der Waals surface area contributed by atoms with Crippen molar-refractivity contribution in [2.75, 3.05) is 0 Å². The molecule has 0 aliphatic heterocycles. The molecule has 0 aromatic heterocycles. The van der Waals surface area contributed by atoms with Crippen LogP contribution in [0.2, 0.25) is 0 Å². The fourth-order valence-corrected chi connectivity index (χ4v) is 1.73. The molecule has 4 nitrogen and oxygen atoms in total. The maximum Gasteiger partial charge on any atom is 0.251 e. The number of hydrogen-bond donors (Lipinski definition) is 3. The predicted octanol–water partition coefficient (Wildman–Crippen LogP) is 1.43. The molecule has 0 radical (unpaired) electrons. The Labute approximate surface area is 106 Å². The van der Waals surface area contributed by atoms with Crippen LogP contribution in [0.3, 0.4) is 0 Å². The van der Waals surface area contributed by atoms with Crippen LogP contribution >= 0.6 is 12.2 Å². The van der Waals surface area contributed by atoms with E-state index in [4.69, 9.17) is 23.1 Å². The second-order valence-electron chi connectivity index (χ2n) is 4.14. The molecule has 17 heavy (non-hydrogen) atoms. The van der Waals surface area contributed by atoms with Crippen molar-refractivity contribution < 1.29 is 9.90 Å². The standard InChI is InChI=1S/C12H16N2O2S/c1-7(2)10(11(13)17)14-12(16)8-3-5-9(15)6-4-8/h3-7,10,15H,1-2H3,(H2,13,17)(H,14,16). The Hall–Kier alpha value is -1.62. The predicted molar refractivity (Wildman–Crippen MR) is 71.0 cm³/mol. The molecule has 0 aliphatic rings. The van der Waals surface area contributed by atoms with Gasteiger partial charge in [0, 0.05) is 5.56 Å². The minimum atomic E-state index is -0.327. The normalized spacial score (nSPS) is 12.2. The number of benzene rings is 1. The number of carbonyl (C=O) groups is 1. The molecule has 0 bridgehead atoms. The average molecular weight is 252 g/mol. The van der Waals surface area contributed by atoms with Crippen LogP contribution in [0.25, 0.3) is 0 Å². The molecule has 0 aliphatic carbocycles. The molecule has 1 aromatic carbocycles. The summed E-state index contributed by atoms with van der Waals surface area (Å²) < 4.78 is 0. The molecule has 1 amide bonds. The number of phenols is 1. The number of rotatable bonds is 4. The van der Waals surface area contributed by atoms with Gasteiger partial charge >= 0.3 is 0 Å². The van der Waals surface area contributed by atoms with Gasteiger partial charge in [0.25, 0.3) is 5.91 Å². The van der Waals surface area contributed by atoms with Crippen LogP contribution in [0.15, 0.2) is 24.3 Å². The van der Waals surface area contributed by atoms with Gasteiger partial charge in [0.05, 0.1) is 11.0 Å². The van der Waals surface area contributed by atoms with Gasteiger partial charge in [0.2, 0.25) is 0 Å². The van der Waals surface area contributed by atoms with Crippen LogP contribution in [-0.2, 0) is 0 Å². The monoisotopic (exact) mass is 252 g/mol. The van der Waals surface area contributed by atoms with Gasteiger partial charge in [-0.3, -0.25) is 4.79 Å². The summed E-state index contributed by atoms with van der Waals surface area (Å²) in [6, 6.07) is 5.68. The van der Waals surface area contributed by atoms with E-state index in [0.29, 0.717) is 5.56 Å². The van der Waals surface area contributed by atoms with Crippen molar-refractivity contribution in [3.05, 3.63) is 29.8 Å². The third kappa shape index (κ3) is 3.71. The van der Waals surface area contributed by atoms with E-state index in [1.165, 1.54) is 12.1 Å². The maximum absolute atomic E-state index is 11.9. The zero-order valence-corrected chi connectivity index (χ0v) is 10.6. The number of carbonyl (C=O) groups excluding carboxylic acids is 1. The van der Waals surface area contributed by atoms with Gasteiger partial charge in [-0.1, -0.05) is 26.1 Å². The SMILES string of the molecule is CC(C)C(NC(=O)c1ccc(O)cc1)C(N)=S. The van der Waals surface area contributed by atoms with Crippen LogP contribution in [0, 0.1) is 5.92 Å². The molecule has 1 unspecified atom stereocenters. The van der Waals surface area contributed by atoms with Crippen molar-refractivity contribution in [1.82, 2.24) is 5.32 Å². The topological polar surface area (TPSA) is 75.3 Å². The van der Waals surface area contributed by atoms with Crippen molar-refractivity contribution in [1.29, 1.82) is 0 Å². The molecule has 1 rings (SSSR count). The van der Waals surface area contributed by atoms with E-state index in [9.17, 15) is 4.79 Å². The van der Waals surface area contributed by atoms with E-state index >= 15 is 0 Å². The molecule has 0 saturated carbocycles. The largest absolute Gasteiger partial charge is 0.508 e. The number of nitrogens with two attached hydrogens (primary N) is 1. The van der Waals surface area contributed by atoms with Crippen molar-refractivity contribution in [2.45, 2.75) is 19.9 Å². The van der Waals surface area contributed by atoms with Gasteiger partial charge in [-0.15, -0.1) is 0 Å². The fourth-order valence-electron chi connectivity index (χ4n) is 1.40. The van der Waals surface area contributed by atoms with Crippen LogP contribution < -0.4 is 11.1 Å². The molecule has 5 heteroatoms. The quantitative estimate of drug-likeness (QED) is 0.709. The first kappa shape index (κ1) is 13.4. The van der Waals surface area contributed by atoms with E-state index in [1.807, 2.05) is 13.8 Å². The summed E-state index contributed by atoms with van der Waals surface area (Å²) in [4.78, 5) is 12.1. The molecule has 0 spiro atoms. The van der Waals surface area contributed by atoms with Crippen molar-refractivity contribution in [3.8, 4) is 5.75 Å². The number of hydrogen-bond acceptors (Lipinski definition) is 3. The highest BCUT2D eigenvalue weighted by Gasteiger charge is 2.19. The Kier molecular flexibility index (Phi) is 4.45. The first-order valence-corrected chi connectivity index (χ1v) is 5.72. The Morgan fingerprint density at radius 3 is 2.29 bits per heavy atom. The number of aromatic hydroxyl groups is 1. The summed E-state index contributed by atoms with van der Waals surface area (Å²) in [5.41, 5.74) is 6.03. The smallest absolute Gasteiger partial charge is 0.251 e. The molecule has 0 saturated heterocycles. The van der Waals surface area contributed by atoms with E-state index < -0.39 is 0 Å². The molecule has 1 atom stereocenters. The van der Waals surface area contributed by atoms with Crippen LogP contribution in [0.1, 0.15) is 24.2 Å². The summed E-state index contributed by atoms with van der Waals surface area (Å²) in [5, 5.41) is 11.9. The molecule has 1 aromatic rings. The Balaban J connectivity index is 2.77. The lowest BCUT2D eigenvalue weighted by atomic mass is 10.0. The second-order valence-corrected chi connectivity index (χ2v) is 4.62. The lowest BCUT2D eigenvalue weighted by molar-refractivity contribution is 0.0940. The first-order chi connectivity index (χ1) is 7.91. The molecule has 92 valence electrons. The minimum Gasteiger partial charge on any atom is -0.508 e. The van der Waals surface area contributed by atoms with E-state index in [-0.39, 0.29) is 28.6 Å². The van der Waals surface area contributed by atoms with Gasteiger partial charge in [0.15, 0.2) is 0 Å². The number of phenolic OH excluding ortho intramolecular Hbond substituents is 1.